The highest BCUT2D eigenvalue weighted by atomic mass is 16.5. The molecule has 0 radical (unpaired) electrons. The van der Waals surface area contributed by atoms with Crippen molar-refractivity contribution in [2.24, 2.45) is 0 Å². The Balaban J connectivity index is 1.48. The molecule has 0 aliphatic heterocycles. The molecule has 9 nitrogen and oxygen atoms in total. The molecule has 34 heavy (non-hydrogen) atoms. The first kappa shape index (κ1) is 22.9. The quantitative estimate of drug-likeness (QED) is 0.399. The van der Waals surface area contributed by atoms with Gasteiger partial charge in [0.15, 0.2) is 11.5 Å². The Labute approximate surface area is 197 Å². The van der Waals surface area contributed by atoms with E-state index in [-0.39, 0.29) is 18.5 Å². The number of benzene rings is 2. The van der Waals surface area contributed by atoms with Gasteiger partial charge < -0.3 is 28.6 Å². The Kier molecular flexibility index (Phi) is 6.82. The van der Waals surface area contributed by atoms with Crippen LogP contribution < -0.4 is 19.5 Å². The fraction of sp³-hybridized carbons (Fsp3) is 0.240. The van der Waals surface area contributed by atoms with Gasteiger partial charge in [-0.3, -0.25) is 4.79 Å². The van der Waals surface area contributed by atoms with Crippen molar-refractivity contribution in [1.82, 2.24) is 20.0 Å². The first-order valence-corrected chi connectivity index (χ1v) is 10.7. The Morgan fingerprint density at radius 3 is 2.62 bits per heavy atom. The number of methoxy groups -OCH3 is 3. The van der Waals surface area contributed by atoms with Crippen molar-refractivity contribution in [3.63, 3.8) is 0 Å². The third-order valence-electron chi connectivity index (χ3n) is 5.40. The molecule has 1 N–H and O–H groups in total. The first-order valence-electron chi connectivity index (χ1n) is 10.7. The Hall–Kier alpha value is -4.27. The predicted molar refractivity (Wildman–Crippen MR) is 126 cm³/mol. The van der Waals surface area contributed by atoms with Crippen molar-refractivity contribution in [2.75, 3.05) is 21.3 Å². The zero-order valence-corrected chi connectivity index (χ0v) is 19.4. The van der Waals surface area contributed by atoms with E-state index in [1.54, 1.807) is 44.2 Å². The van der Waals surface area contributed by atoms with Crippen molar-refractivity contribution in [1.29, 1.82) is 0 Å². The number of nitrogens with one attached hydrogen (secondary N) is 1. The van der Waals surface area contributed by atoms with Crippen molar-refractivity contribution < 1.29 is 23.5 Å². The van der Waals surface area contributed by atoms with Gasteiger partial charge in [-0.1, -0.05) is 17.3 Å². The standard InChI is InChI=1S/C25H26N4O5/c1-16(17-7-5-8-19(13-17)31-2)26-23(30)15-29-12-6-9-20(29)25-27-24(28-34-25)18-10-11-21(32-3)22(14-18)33-4/h5-14,16H,15H2,1-4H3,(H,26,30)/t16-/m0/s1. The maximum atomic E-state index is 12.7. The average molecular weight is 463 g/mol. The highest BCUT2D eigenvalue weighted by molar-refractivity contribution is 5.77. The van der Waals surface area contributed by atoms with Crippen molar-refractivity contribution in [2.45, 2.75) is 19.5 Å². The lowest BCUT2D eigenvalue weighted by Crippen LogP contribution is -2.30. The predicted octanol–water partition coefficient (Wildman–Crippen LogP) is 4.11. The summed E-state index contributed by atoms with van der Waals surface area (Å²) in [6.07, 6.45) is 1.80. The molecule has 0 saturated heterocycles. The monoisotopic (exact) mass is 462 g/mol. The van der Waals surface area contributed by atoms with E-state index in [0.29, 0.717) is 28.9 Å². The molecular weight excluding hydrogens is 436 g/mol. The summed E-state index contributed by atoms with van der Waals surface area (Å²) >= 11 is 0. The summed E-state index contributed by atoms with van der Waals surface area (Å²) in [7, 11) is 4.76. The minimum absolute atomic E-state index is 0.102. The summed E-state index contributed by atoms with van der Waals surface area (Å²) in [6.45, 7) is 2.03. The van der Waals surface area contributed by atoms with Crippen molar-refractivity contribution >= 4 is 5.91 Å². The summed E-state index contributed by atoms with van der Waals surface area (Å²) in [5.41, 5.74) is 2.32. The lowest BCUT2D eigenvalue weighted by atomic mass is 10.1. The lowest BCUT2D eigenvalue weighted by Gasteiger charge is -2.16. The highest BCUT2D eigenvalue weighted by Crippen LogP contribution is 2.32. The highest BCUT2D eigenvalue weighted by Gasteiger charge is 2.18. The molecule has 4 rings (SSSR count). The normalized spacial score (nSPS) is 11.6. The smallest absolute Gasteiger partial charge is 0.274 e. The molecule has 0 aliphatic carbocycles. The van der Waals surface area contributed by atoms with Crippen molar-refractivity contribution in [3.8, 4) is 40.2 Å². The van der Waals surface area contributed by atoms with Crippen LogP contribution in [0.25, 0.3) is 23.0 Å². The Morgan fingerprint density at radius 1 is 1.03 bits per heavy atom. The van der Waals surface area contributed by atoms with E-state index < -0.39 is 0 Å². The number of carbonyl (C=O) groups is 1. The van der Waals surface area contributed by atoms with Crippen LogP contribution in [-0.4, -0.2) is 41.9 Å². The fourth-order valence-electron chi connectivity index (χ4n) is 3.60. The van der Waals surface area contributed by atoms with Crippen LogP contribution in [0.5, 0.6) is 17.2 Å². The number of hydrogen-bond acceptors (Lipinski definition) is 7. The number of aromatic nitrogens is 3. The number of rotatable bonds is 9. The van der Waals surface area contributed by atoms with Crippen LogP contribution in [-0.2, 0) is 11.3 Å². The summed E-state index contributed by atoms with van der Waals surface area (Å²) in [5.74, 6) is 2.48. The molecular formula is C25H26N4O5. The molecule has 1 atom stereocenters. The van der Waals surface area contributed by atoms with Gasteiger partial charge in [0.2, 0.25) is 11.7 Å². The molecule has 0 aliphatic rings. The van der Waals surface area contributed by atoms with Gasteiger partial charge in [0.25, 0.3) is 5.89 Å². The second-order valence-electron chi connectivity index (χ2n) is 7.58. The molecule has 0 fully saturated rings. The average Bonchev–Trinajstić information content (AvgIpc) is 3.53. The van der Waals surface area contributed by atoms with Crippen LogP contribution in [0.4, 0.5) is 0 Å². The lowest BCUT2D eigenvalue weighted by molar-refractivity contribution is -0.122. The number of carbonyl (C=O) groups excluding carboxylic acids is 1. The van der Waals surface area contributed by atoms with Gasteiger partial charge in [0.05, 0.1) is 27.4 Å². The minimum atomic E-state index is -0.179. The third-order valence-corrected chi connectivity index (χ3v) is 5.40. The van der Waals surface area contributed by atoms with E-state index in [2.05, 4.69) is 15.5 Å². The number of nitrogens with zero attached hydrogens (tertiary/aromatic N) is 3. The zero-order valence-electron chi connectivity index (χ0n) is 19.4. The van der Waals surface area contributed by atoms with Crippen LogP contribution in [0.15, 0.2) is 65.3 Å². The molecule has 4 aromatic rings. The molecule has 2 aromatic carbocycles. The van der Waals surface area contributed by atoms with E-state index in [1.165, 1.54) is 0 Å². The van der Waals surface area contributed by atoms with Gasteiger partial charge in [0.1, 0.15) is 18.0 Å². The van der Waals surface area contributed by atoms with Crippen LogP contribution in [0.1, 0.15) is 18.5 Å². The van der Waals surface area contributed by atoms with Gasteiger partial charge >= 0.3 is 0 Å². The number of amides is 1. The second kappa shape index (κ2) is 10.1. The topological polar surface area (TPSA) is 101 Å². The van der Waals surface area contributed by atoms with Gasteiger partial charge in [-0.05, 0) is 55.0 Å². The van der Waals surface area contributed by atoms with Crippen LogP contribution in [0, 0.1) is 0 Å². The maximum Gasteiger partial charge on any atom is 0.274 e. The summed E-state index contributed by atoms with van der Waals surface area (Å²) in [6, 6.07) is 16.5. The molecule has 0 saturated carbocycles. The van der Waals surface area contributed by atoms with Crippen LogP contribution in [0.3, 0.4) is 0 Å². The molecule has 1 amide bonds. The molecule has 0 bridgehead atoms. The van der Waals surface area contributed by atoms with Gasteiger partial charge in [0, 0.05) is 11.8 Å². The molecule has 2 aromatic heterocycles. The van der Waals surface area contributed by atoms with Crippen LogP contribution >= 0.6 is 0 Å². The van der Waals surface area contributed by atoms with E-state index in [0.717, 1.165) is 16.9 Å². The maximum absolute atomic E-state index is 12.7. The second-order valence-corrected chi connectivity index (χ2v) is 7.58. The minimum Gasteiger partial charge on any atom is -0.497 e. The van der Waals surface area contributed by atoms with E-state index in [9.17, 15) is 4.79 Å². The molecule has 176 valence electrons. The van der Waals surface area contributed by atoms with E-state index in [1.807, 2.05) is 49.4 Å². The number of ether oxygens (including phenoxy) is 3. The number of hydrogen-bond donors (Lipinski definition) is 1. The van der Waals surface area contributed by atoms with Gasteiger partial charge in [-0.2, -0.15) is 4.98 Å². The molecule has 9 heteroatoms. The Bertz CT molecular complexity index is 1280. The van der Waals surface area contributed by atoms with E-state index >= 15 is 0 Å². The fourth-order valence-corrected chi connectivity index (χ4v) is 3.60. The Morgan fingerprint density at radius 2 is 1.85 bits per heavy atom. The molecule has 2 heterocycles. The summed E-state index contributed by atoms with van der Waals surface area (Å²) in [5, 5.41) is 7.10. The SMILES string of the molecule is COc1cccc([C@H](C)NC(=O)Cn2cccc2-c2nc(-c3ccc(OC)c(OC)c3)no2)c1. The summed E-state index contributed by atoms with van der Waals surface area (Å²) in [4.78, 5) is 17.2. The van der Waals surface area contributed by atoms with Crippen molar-refractivity contribution in [3.05, 3.63) is 66.4 Å². The summed E-state index contributed by atoms with van der Waals surface area (Å²) < 4.78 is 23.1. The van der Waals surface area contributed by atoms with Gasteiger partial charge in [-0.15, -0.1) is 0 Å². The third kappa shape index (κ3) is 4.88. The largest absolute Gasteiger partial charge is 0.497 e. The zero-order chi connectivity index (χ0) is 24.1. The molecule has 0 spiro atoms. The van der Waals surface area contributed by atoms with E-state index in [4.69, 9.17) is 18.7 Å². The van der Waals surface area contributed by atoms with Crippen LogP contribution in [0.2, 0.25) is 0 Å². The first-order chi connectivity index (χ1) is 16.5. The molecule has 0 unspecified atom stereocenters. The van der Waals surface area contributed by atoms with Gasteiger partial charge in [-0.25, -0.2) is 0 Å².